The number of nitrogens with one attached hydrogen (secondary N) is 1. The van der Waals surface area contributed by atoms with Crippen LogP contribution in [0.25, 0.3) is 0 Å². The number of thioether (sulfide) groups is 1. The number of halogens is 1. The maximum absolute atomic E-state index is 13.4. The predicted molar refractivity (Wildman–Crippen MR) is 79.8 cm³/mol. The van der Waals surface area contributed by atoms with Gasteiger partial charge < -0.3 is 4.74 Å². The van der Waals surface area contributed by atoms with E-state index in [4.69, 9.17) is 10.6 Å². The number of rotatable bonds is 3. The molecule has 20 heavy (non-hydrogen) atoms. The average molecular weight is 296 g/mol. The number of benzene rings is 1. The largest absolute Gasteiger partial charge is 0.374 e. The highest BCUT2D eigenvalue weighted by Crippen LogP contribution is 2.43. The summed E-state index contributed by atoms with van der Waals surface area (Å²) < 4.78 is 19.5. The third-order valence-electron chi connectivity index (χ3n) is 4.46. The van der Waals surface area contributed by atoms with E-state index in [1.165, 1.54) is 11.8 Å². The van der Waals surface area contributed by atoms with Crippen LogP contribution in [0.15, 0.2) is 24.3 Å². The summed E-state index contributed by atoms with van der Waals surface area (Å²) in [4.78, 5) is 0. The summed E-state index contributed by atoms with van der Waals surface area (Å²) in [5.74, 6) is 8.19. The van der Waals surface area contributed by atoms with Crippen molar-refractivity contribution in [1.82, 2.24) is 5.43 Å². The molecule has 3 rings (SSSR count). The molecule has 1 aromatic carbocycles. The van der Waals surface area contributed by atoms with Crippen molar-refractivity contribution in [2.45, 2.75) is 30.9 Å². The second-order valence-electron chi connectivity index (χ2n) is 5.79. The minimum Gasteiger partial charge on any atom is -0.374 e. The van der Waals surface area contributed by atoms with Gasteiger partial charge in [0.1, 0.15) is 5.82 Å². The topological polar surface area (TPSA) is 47.3 Å². The van der Waals surface area contributed by atoms with E-state index in [0.717, 1.165) is 37.2 Å². The third kappa shape index (κ3) is 2.86. The van der Waals surface area contributed by atoms with Gasteiger partial charge in [0.2, 0.25) is 0 Å². The maximum Gasteiger partial charge on any atom is 0.123 e. The highest BCUT2D eigenvalue weighted by atomic mass is 32.2. The van der Waals surface area contributed by atoms with Crippen LogP contribution in [0.1, 0.15) is 30.9 Å². The second-order valence-corrected chi connectivity index (χ2v) is 6.89. The van der Waals surface area contributed by atoms with Gasteiger partial charge in [0, 0.05) is 18.4 Å². The summed E-state index contributed by atoms with van der Waals surface area (Å²) in [6.07, 6.45) is 3.10. The molecule has 0 bridgehead atoms. The Morgan fingerprint density at radius 2 is 2.40 bits per heavy atom. The van der Waals surface area contributed by atoms with E-state index < -0.39 is 0 Å². The number of ether oxygens (including phenoxy) is 1. The zero-order valence-electron chi connectivity index (χ0n) is 11.5. The minimum atomic E-state index is -0.207. The van der Waals surface area contributed by atoms with Gasteiger partial charge in [0.05, 0.1) is 5.60 Å². The first-order valence-corrected chi connectivity index (χ1v) is 8.31. The van der Waals surface area contributed by atoms with Gasteiger partial charge in [0.25, 0.3) is 0 Å². The lowest BCUT2D eigenvalue weighted by Crippen LogP contribution is -2.45. The van der Waals surface area contributed by atoms with Crippen LogP contribution >= 0.6 is 11.8 Å². The summed E-state index contributed by atoms with van der Waals surface area (Å²) in [5, 5.41) is 0. The van der Waals surface area contributed by atoms with Crippen LogP contribution in [0, 0.1) is 11.7 Å². The maximum atomic E-state index is 13.4. The molecule has 2 aliphatic heterocycles. The van der Waals surface area contributed by atoms with Crippen LogP contribution in [0.2, 0.25) is 0 Å². The van der Waals surface area contributed by atoms with E-state index in [0.29, 0.717) is 5.92 Å². The van der Waals surface area contributed by atoms with Gasteiger partial charge in [-0.25, -0.2) is 4.39 Å². The zero-order valence-corrected chi connectivity index (χ0v) is 12.3. The van der Waals surface area contributed by atoms with Gasteiger partial charge in [-0.2, -0.15) is 11.8 Å². The Hall–Kier alpha value is -0.620. The molecule has 3 atom stereocenters. The fraction of sp³-hybridized carbons (Fsp3) is 0.600. The first-order valence-electron chi connectivity index (χ1n) is 7.16. The quantitative estimate of drug-likeness (QED) is 0.665. The fourth-order valence-electron chi connectivity index (χ4n) is 3.42. The summed E-state index contributed by atoms with van der Waals surface area (Å²) in [5.41, 5.74) is 3.85. The van der Waals surface area contributed by atoms with E-state index in [1.807, 2.05) is 17.8 Å². The minimum absolute atomic E-state index is 0.00271. The molecule has 2 aliphatic rings. The van der Waals surface area contributed by atoms with Gasteiger partial charge in [-0.3, -0.25) is 11.3 Å². The van der Waals surface area contributed by atoms with Gasteiger partial charge in [0.15, 0.2) is 0 Å². The van der Waals surface area contributed by atoms with E-state index in [2.05, 4.69) is 5.43 Å². The highest BCUT2D eigenvalue weighted by Gasteiger charge is 2.42. The van der Waals surface area contributed by atoms with Crippen LogP contribution in [0.3, 0.4) is 0 Å². The fourth-order valence-corrected chi connectivity index (χ4v) is 4.80. The molecule has 0 radical (unpaired) electrons. The summed E-state index contributed by atoms with van der Waals surface area (Å²) in [7, 11) is 0. The van der Waals surface area contributed by atoms with Crippen molar-refractivity contribution in [3.05, 3.63) is 35.6 Å². The smallest absolute Gasteiger partial charge is 0.123 e. The molecule has 5 heteroatoms. The predicted octanol–water partition coefficient (Wildman–Crippen LogP) is 2.63. The first-order chi connectivity index (χ1) is 9.72. The standard InChI is InChI=1S/C15H21FN2OS/c16-13-3-1-2-11(8-13)14(18-17)12-4-6-19-15(9-12)5-7-20-10-15/h1-3,8,12,14,18H,4-7,9-10,17H2. The molecule has 2 fully saturated rings. The number of nitrogens with two attached hydrogens (primary N) is 1. The lowest BCUT2D eigenvalue weighted by Gasteiger charge is -2.40. The van der Waals surface area contributed by atoms with Gasteiger partial charge in [-0.15, -0.1) is 0 Å². The van der Waals surface area contributed by atoms with Crippen molar-refractivity contribution in [3.63, 3.8) is 0 Å². The average Bonchev–Trinajstić information content (AvgIpc) is 2.88. The molecule has 1 aromatic rings. The van der Waals surface area contributed by atoms with Crippen LogP contribution in [-0.2, 0) is 4.74 Å². The van der Waals surface area contributed by atoms with E-state index in [-0.39, 0.29) is 17.5 Å². The molecule has 0 saturated carbocycles. The van der Waals surface area contributed by atoms with Crippen LogP contribution in [0.4, 0.5) is 4.39 Å². The summed E-state index contributed by atoms with van der Waals surface area (Å²) in [6, 6.07) is 6.73. The van der Waals surface area contributed by atoms with Crippen molar-refractivity contribution in [2.75, 3.05) is 18.1 Å². The molecule has 2 saturated heterocycles. The Balaban J connectivity index is 1.78. The Morgan fingerprint density at radius 1 is 1.50 bits per heavy atom. The molecule has 3 N–H and O–H groups in total. The third-order valence-corrected chi connectivity index (χ3v) is 5.68. The molecule has 3 unspecified atom stereocenters. The zero-order chi connectivity index (χ0) is 14.0. The molecule has 2 heterocycles. The van der Waals surface area contributed by atoms with Crippen molar-refractivity contribution in [1.29, 1.82) is 0 Å². The van der Waals surface area contributed by atoms with E-state index in [1.54, 1.807) is 12.1 Å². The molecule has 0 amide bonds. The lowest BCUT2D eigenvalue weighted by molar-refractivity contribution is -0.0854. The number of hydrogen-bond acceptors (Lipinski definition) is 4. The molecular weight excluding hydrogens is 275 g/mol. The van der Waals surface area contributed by atoms with Crippen LogP contribution in [0.5, 0.6) is 0 Å². The summed E-state index contributed by atoms with van der Waals surface area (Å²) >= 11 is 1.96. The first kappa shape index (κ1) is 14.3. The van der Waals surface area contributed by atoms with Crippen molar-refractivity contribution in [2.24, 2.45) is 11.8 Å². The Morgan fingerprint density at radius 3 is 3.10 bits per heavy atom. The molecular formula is C15H21FN2OS. The Bertz CT molecular complexity index is 465. The Kier molecular flexibility index (Phi) is 4.31. The SMILES string of the molecule is NNC(c1cccc(F)c1)C1CCOC2(CCSC2)C1. The highest BCUT2D eigenvalue weighted by molar-refractivity contribution is 7.99. The van der Waals surface area contributed by atoms with Crippen molar-refractivity contribution < 1.29 is 9.13 Å². The monoisotopic (exact) mass is 296 g/mol. The molecule has 3 nitrogen and oxygen atoms in total. The van der Waals surface area contributed by atoms with Crippen molar-refractivity contribution >= 4 is 11.8 Å². The van der Waals surface area contributed by atoms with Gasteiger partial charge >= 0.3 is 0 Å². The molecule has 1 spiro atoms. The Labute approximate surface area is 123 Å². The van der Waals surface area contributed by atoms with E-state index >= 15 is 0 Å². The van der Waals surface area contributed by atoms with E-state index in [9.17, 15) is 4.39 Å². The number of hydrogen-bond donors (Lipinski definition) is 2. The van der Waals surface area contributed by atoms with Gasteiger partial charge in [-0.1, -0.05) is 12.1 Å². The van der Waals surface area contributed by atoms with Crippen molar-refractivity contribution in [3.8, 4) is 0 Å². The van der Waals surface area contributed by atoms with Gasteiger partial charge in [-0.05, 0) is 48.6 Å². The molecule has 0 aliphatic carbocycles. The number of hydrazine groups is 1. The normalized spacial score (nSPS) is 31.6. The summed E-state index contributed by atoms with van der Waals surface area (Å²) in [6.45, 7) is 0.777. The molecule has 0 aromatic heterocycles. The lowest BCUT2D eigenvalue weighted by atomic mass is 9.79. The second kappa shape index (κ2) is 6.02. The van der Waals surface area contributed by atoms with Crippen LogP contribution < -0.4 is 11.3 Å². The van der Waals surface area contributed by atoms with Crippen LogP contribution in [-0.4, -0.2) is 23.7 Å². The molecule has 110 valence electrons.